The van der Waals surface area contributed by atoms with E-state index in [2.05, 4.69) is 44.5 Å². The van der Waals surface area contributed by atoms with Gasteiger partial charge in [0, 0.05) is 24.7 Å². The molecule has 142 valence electrons. The highest BCUT2D eigenvalue weighted by atomic mass is 32.2. The third kappa shape index (κ3) is 4.59. The van der Waals surface area contributed by atoms with Crippen LogP contribution in [0.5, 0.6) is 0 Å². The minimum atomic E-state index is -3.68. The van der Waals surface area contributed by atoms with E-state index in [9.17, 15) is 8.42 Å². The summed E-state index contributed by atoms with van der Waals surface area (Å²) in [6.07, 6.45) is 0. The first-order valence-electron chi connectivity index (χ1n) is 8.75. The lowest BCUT2D eigenvalue weighted by Crippen LogP contribution is -2.24. The molecule has 2 aromatic rings. The molecule has 2 N–H and O–H groups in total. The molecular formula is C19H28N4O2S. The normalized spacial score (nSPS) is 13.3. The summed E-state index contributed by atoms with van der Waals surface area (Å²) >= 11 is 0. The molecule has 26 heavy (non-hydrogen) atoms. The predicted octanol–water partition coefficient (Wildman–Crippen LogP) is 3.57. The van der Waals surface area contributed by atoms with E-state index in [-0.39, 0.29) is 16.9 Å². The van der Waals surface area contributed by atoms with Crippen molar-refractivity contribution in [3.8, 4) is 0 Å². The van der Waals surface area contributed by atoms with Crippen molar-refractivity contribution in [2.24, 2.45) is 5.14 Å². The molecule has 6 nitrogen and oxygen atoms in total. The number of hydrogen-bond donors (Lipinski definition) is 1. The van der Waals surface area contributed by atoms with Crippen molar-refractivity contribution < 1.29 is 8.42 Å². The Morgan fingerprint density at radius 3 is 2.00 bits per heavy atom. The minimum Gasteiger partial charge on any atom is -0.353 e. The topological polar surface area (TPSA) is 89.2 Å². The zero-order valence-electron chi connectivity index (χ0n) is 16.3. The van der Waals surface area contributed by atoms with Crippen LogP contribution < -0.4 is 10.0 Å². The molecule has 0 saturated carbocycles. The van der Waals surface area contributed by atoms with Gasteiger partial charge in [-0.2, -0.15) is 0 Å². The summed E-state index contributed by atoms with van der Waals surface area (Å²) in [5.74, 6) is 2.24. The van der Waals surface area contributed by atoms with Crippen molar-refractivity contribution in [3.63, 3.8) is 0 Å². The van der Waals surface area contributed by atoms with Crippen molar-refractivity contribution >= 4 is 15.8 Å². The highest BCUT2D eigenvalue weighted by Crippen LogP contribution is 2.27. The summed E-state index contributed by atoms with van der Waals surface area (Å²) in [5, 5.41) is 5.17. The summed E-state index contributed by atoms with van der Waals surface area (Å²) in [4.78, 5) is 11.6. The van der Waals surface area contributed by atoms with Crippen LogP contribution in [0.1, 0.15) is 69.6 Å². The Bertz CT molecular complexity index is 835. The van der Waals surface area contributed by atoms with E-state index < -0.39 is 10.0 Å². The molecular weight excluding hydrogens is 348 g/mol. The Balaban J connectivity index is 2.36. The van der Waals surface area contributed by atoms with Gasteiger partial charge in [-0.05, 0) is 30.5 Å². The average Bonchev–Trinajstić information content (AvgIpc) is 2.59. The van der Waals surface area contributed by atoms with Crippen molar-refractivity contribution in [2.75, 3.05) is 11.9 Å². The quantitative estimate of drug-likeness (QED) is 0.832. The van der Waals surface area contributed by atoms with Crippen LogP contribution >= 0.6 is 0 Å². The number of primary sulfonamides is 1. The molecule has 1 aromatic carbocycles. The van der Waals surface area contributed by atoms with Gasteiger partial charge in [-0.15, -0.1) is 0 Å². The van der Waals surface area contributed by atoms with E-state index in [1.807, 2.05) is 13.1 Å². The van der Waals surface area contributed by atoms with Gasteiger partial charge in [-0.1, -0.05) is 39.8 Å². The van der Waals surface area contributed by atoms with Crippen LogP contribution in [0.4, 0.5) is 5.82 Å². The van der Waals surface area contributed by atoms with E-state index in [0.717, 1.165) is 22.9 Å². The lowest BCUT2D eigenvalue weighted by Gasteiger charge is -2.27. The second-order valence-corrected chi connectivity index (χ2v) is 8.78. The smallest absolute Gasteiger partial charge is 0.238 e. The zero-order chi connectivity index (χ0) is 19.6. The Labute approximate surface area is 156 Å². The summed E-state index contributed by atoms with van der Waals surface area (Å²) in [6, 6.07) is 8.68. The lowest BCUT2D eigenvalue weighted by atomic mass is 10.1. The van der Waals surface area contributed by atoms with Gasteiger partial charge in [0.15, 0.2) is 0 Å². The van der Waals surface area contributed by atoms with Crippen molar-refractivity contribution in [1.82, 2.24) is 9.97 Å². The second-order valence-electron chi connectivity index (χ2n) is 7.22. The molecule has 1 atom stereocenters. The van der Waals surface area contributed by atoms with E-state index in [0.29, 0.717) is 5.92 Å². The van der Waals surface area contributed by atoms with Gasteiger partial charge in [0.05, 0.1) is 10.9 Å². The van der Waals surface area contributed by atoms with Crippen molar-refractivity contribution in [3.05, 3.63) is 47.4 Å². The molecule has 0 saturated heterocycles. The van der Waals surface area contributed by atoms with Crippen LogP contribution in [0.2, 0.25) is 0 Å². The zero-order valence-corrected chi connectivity index (χ0v) is 17.1. The molecule has 0 aliphatic carbocycles. The first-order valence-corrected chi connectivity index (χ1v) is 10.3. The van der Waals surface area contributed by atoms with Crippen LogP contribution in [0, 0.1) is 0 Å². The molecule has 0 radical (unpaired) electrons. The number of rotatable bonds is 6. The van der Waals surface area contributed by atoms with Crippen LogP contribution in [0.3, 0.4) is 0 Å². The van der Waals surface area contributed by atoms with Gasteiger partial charge in [0.25, 0.3) is 0 Å². The molecule has 0 aliphatic heterocycles. The van der Waals surface area contributed by atoms with Crippen LogP contribution in [0.25, 0.3) is 0 Å². The third-order valence-corrected chi connectivity index (χ3v) is 5.42. The van der Waals surface area contributed by atoms with Gasteiger partial charge in [0.2, 0.25) is 10.0 Å². The minimum absolute atomic E-state index is 0.0134. The molecule has 0 bridgehead atoms. The maximum atomic E-state index is 11.4. The number of benzene rings is 1. The van der Waals surface area contributed by atoms with E-state index in [1.54, 1.807) is 12.1 Å². The number of hydrogen-bond acceptors (Lipinski definition) is 5. The van der Waals surface area contributed by atoms with E-state index in [1.165, 1.54) is 12.1 Å². The molecule has 0 amide bonds. The number of nitrogens with two attached hydrogens (primary N) is 1. The number of sulfonamides is 1. The maximum absolute atomic E-state index is 11.4. The van der Waals surface area contributed by atoms with Crippen LogP contribution in [-0.2, 0) is 10.0 Å². The van der Waals surface area contributed by atoms with Crippen LogP contribution in [0.15, 0.2) is 35.2 Å². The Kier molecular flexibility index (Phi) is 6.03. The molecule has 1 unspecified atom stereocenters. The van der Waals surface area contributed by atoms with Gasteiger partial charge in [0.1, 0.15) is 11.6 Å². The van der Waals surface area contributed by atoms with Crippen molar-refractivity contribution in [1.29, 1.82) is 0 Å². The standard InChI is InChI=1S/C19H28N4O2S/c1-12(2)17-11-18(22-19(21-17)13(3)4)23(6)14(5)15-7-9-16(10-8-15)26(20,24)25/h7-14H,1-6H3,(H2,20,24,25). The predicted molar refractivity (Wildman–Crippen MR) is 105 cm³/mol. The Morgan fingerprint density at radius 1 is 0.962 bits per heavy atom. The highest BCUT2D eigenvalue weighted by molar-refractivity contribution is 7.89. The van der Waals surface area contributed by atoms with E-state index >= 15 is 0 Å². The molecule has 1 heterocycles. The molecule has 2 rings (SSSR count). The van der Waals surface area contributed by atoms with Gasteiger partial charge in [-0.3, -0.25) is 0 Å². The SMILES string of the molecule is CC(C)c1cc(N(C)C(C)c2ccc(S(N)(=O)=O)cc2)nc(C(C)C)n1. The molecule has 0 fully saturated rings. The van der Waals surface area contributed by atoms with E-state index in [4.69, 9.17) is 10.1 Å². The fourth-order valence-corrected chi connectivity index (χ4v) is 3.08. The molecule has 1 aromatic heterocycles. The fourth-order valence-electron chi connectivity index (χ4n) is 2.56. The monoisotopic (exact) mass is 376 g/mol. The molecule has 0 spiro atoms. The Morgan fingerprint density at radius 2 is 1.54 bits per heavy atom. The second kappa shape index (κ2) is 7.72. The third-order valence-electron chi connectivity index (χ3n) is 4.49. The maximum Gasteiger partial charge on any atom is 0.238 e. The molecule has 0 aliphatic rings. The number of nitrogens with zero attached hydrogens (tertiary/aromatic N) is 3. The average molecular weight is 377 g/mol. The van der Waals surface area contributed by atoms with Gasteiger partial charge >= 0.3 is 0 Å². The first kappa shape index (κ1) is 20.3. The van der Waals surface area contributed by atoms with Crippen LogP contribution in [-0.4, -0.2) is 25.4 Å². The highest BCUT2D eigenvalue weighted by Gasteiger charge is 2.18. The molecule has 7 heteroatoms. The lowest BCUT2D eigenvalue weighted by molar-refractivity contribution is 0.597. The number of anilines is 1. The summed E-state index contributed by atoms with van der Waals surface area (Å²) in [6.45, 7) is 10.5. The summed E-state index contributed by atoms with van der Waals surface area (Å²) in [7, 11) is -1.70. The van der Waals surface area contributed by atoms with Gasteiger partial charge in [-0.25, -0.2) is 23.5 Å². The van der Waals surface area contributed by atoms with Crippen molar-refractivity contribution in [2.45, 2.75) is 57.4 Å². The summed E-state index contributed by atoms with van der Waals surface area (Å²) in [5.41, 5.74) is 2.00. The first-order chi connectivity index (χ1) is 12.0. The fraction of sp³-hybridized carbons (Fsp3) is 0.474. The Hall–Kier alpha value is -1.99. The number of aromatic nitrogens is 2. The largest absolute Gasteiger partial charge is 0.353 e. The van der Waals surface area contributed by atoms with Gasteiger partial charge < -0.3 is 4.90 Å². The summed E-state index contributed by atoms with van der Waals surface area (Å²) < 4.78 is 22.8.